The molecule has 0 aromatic heterocycles. The van der Waals surface area contributed by atoms with Crippen LogP contribution in [0.3, 0.4) is 0 Å². The summed E-state index contributed by atoms with van der Waals surface area (Å²) in [4.78, 5) is 13.6. The molecule has 1 aliphatic carbocycles. The van der Waals surface area contributed by atoms with Crippen molar-refractivity contribution in [1.82, 2.24) is 4.90 Å². The second-order valence-corrected chi connectivity index (χ2v) is 6.30. The summed E-state index contributed by atoms with van der Waals surface area (Å²) < 4.78 is 0. The van der Waals surface area contributed by atoms with Crippen molar-refractivity contribution in [1.29, 1.82) is 0 Å². The molecule has 1 N–H and O–H groups in total. The molecule has 3 heteroatoms. The number of aliphatic carboxylic acids is 1. The van der Waals surface area contributed by atoms with Gasteiger partial charge in [-0.15, -0.1) is 0 Å². The first-order valence-corrected chi connectivity index (χ1v) is 8.17. The van der Waals surface area contributed by atoms with E-state index >= 15 is 0 Å². The van der Waals surface area contributed by atoms with Crippen molar-refractivity contribution in [2.75, 3.05) is 6.54 Å². The van der Waals surface area contributed by atoms with Gasteiger partial charge in [0.05, 0.1) is 5.92 Å². The van der Waals surface area contributed by atoms with E-state index in [0.29, 0.717) is 12.6 Å². The minimum Gasteiger partial charge on any atom is -0.481 e. The summed E-state index contributed by atoms with van der Waals surface area (Å²) in [7, 11) is 0. The van der Waals surface area contributed by atoms with E-state index in [9.17, 15) is 9.90 Å². The smallest absolute Gasteiger partial charge is 0.307 e. The summed E-state index contributed by atoms with van der Waals surface area (Å²) in [5, 5.41) is 9.22. The van der Waals surface area contributed by atoms with Crippen LogP contribution in [0.5, 0.6) is 0 Å². The Labute approximate surface area is 128 Å². The third-order valence-electron chi connectivity index (χ3n) is 4.50. The van der Waals surface area contributed by atoms with E-state index in [1.54, 1.807) is 0 Å². The second-order valence-electron chi connectivity index (χ2n) is 6.30. The van der Waals surface area contributed by atoms with Crippen LogP contribution in [0.1, 0.15) is 51.0 Å². The molecule has 0 amide bonds. The molecule has 1 atom stereocenters. The lowest BCUT2D eigenvalue weighted by Crippen LogP contribution is -2.39. The number of carboxylic acids is 1. The fourth-order valence-electron chi connectivity index (χ4n) is 3.21. The molecule has 0 bridgehead atoms. The number of hydrogen-bond acceptors (Lipinski definition) is 2. The maximum Gasteiger partial charge on any atom is 0.307 e. The zero-order valence-electron chi connectivity index (χ0n) is 13.0. The maximum absolute atomic E-state index is 11.2. The number of benzene rings is 1. The first-order valence-electron chi connectivity index (χ1n) is 8.17. The molecule has 1 fully saturated rings. The second kappa shape index (κ2) is 8.18. The largest absolute Gasteiger partial charge is 0.481 e. The quantitative estimate of drug-likeness (QED) is 0.807. The summed E-state index contributed by atoms with van der Waals surface area (Å²) in [6, 6.07) is 10.9. The van der Waals surface area contributed by atoms with E-state index in [-0.39, 0.29) is 5.92 Å². The van der Waals surface area contributed by atoms with E-state index in [2.05, 4.69) is 29.2 Å². The van der Waals surface area contributed by atoms with Crippen molar-refractivity contribution >= 4 is 5.97 Å². The van der Waals surface area contributed by atoms with Gasteiger partial charge in [-0.25, -0.2) is 0 Å². The minimum absolute atomic E-state index is 0.308. The predicted octanol–water partition coefficient (Wildman–Crippen LogP) is 3.93. The van der Waals surface area contributed by atoms with Crippen LogP contribution < -0.4 is 0 Å². The van der Waals surface area contributed by atoms with Gasteiger partial charge >= 0.3 is 5.97 Å². The van der Waals surface area contributed by atoms with Gasteiger partial charge in [-0.2, -0.15) is 0 Å². The van der Waals surface area contributed by atoms with Crippen LogP contribution in [0.4, 0.5) is 0 Å². The zero-order valence-corrected chi connectivity index (χ0v) is 13.0. The van der Waals surface area contributed by atoms with Crippen LogP contribution in [-0.2, 0) is 11.3 Å². The molecule has 3 nitrogen and oxygen atoms in total. The van der Waals surface area contributed by atoms with Crippen LogP contribution in [-0.4, -0.2) is 28.6 Å². The Morgan fingerprint density at radius 3 is 2.38 bits per heavy atom. The van der Waals surface area contributed by atoms with Gasteiger partial charge in [-0.3, -0.25) is 9.69 Å². The Balaban J connectivity index is 2.06. The van der Waals surface area contributed by atoms with E-state index in [0.717, 1.165) is 6.54 Å². The number of carbonyl (C=O) groups is 1. The Bertz CT molecular complexity index is 424. The lowest BCUT2D eigenvalue weighted by Gasteiger charge is -2.32. The third-order valence-corrected chi connectivity index (χ3v) is 4.50. The van der Waals surface area contributed by atoms with Gasteiger partial charge in [0.2, 0.25) is 0 Å². The normalized spacial score (nSPS) is 18.4. The number of nitrogens with zero attached hydrogens (tertiary/aromatic N) is 1. The molecule has 0 saturated heterocycles. The zero-order chi connectivity index (χ0) is 15.1. The van der Waals surface area contributed by atoms with Crippen LogP contribution in [0.25, 0.3) is 0 Å². The summed E-state index contributed by atoms with van der Waals surface area (Å²) in [6.07, 6.45) is 7.61. The molecule has 116 valence electrons. The van der Waals surface area contributed by atoms with Gasteiger partial charge in [-0.1, -0.05) is 62.9 Å². The molecule has 1 aliphatic rings. The first kappa shape index (κ1) is 16.0. The van der Waals surface area contributed by atoms with Gasteiger partial charge in [0, 0.05) is 19.1 Å². The Hall–Kier alpha value is -1.35. The highest BCUT2D eigenvalue weighted by Gasteiger charge is 2.24. The molecule has 0 heterocycles. The van der Waals surface area contributed by atoms with E-state index in [1.807, 2.05) is 13.0 Å². The molecule has 1 saturated carbocycles. The number of rotatable bonds is 6. The topological polar surface area (TPSA) is 40.5 Å². The van der Waals surface area contributed by atoms with Crippen molar-refractivity contribution < 1.29 is 9.90 Å². The fraction of sp³-hybridized carbons (Fsp3) is 0.611. The molecule has 1 aromatic rings. The molecule has 21 heavy (non-hydrogen) atoms. The Kier molecular flexibility index (Phi) is 6.24. The lowest BCUT2D eigenvalue weighted by molar-refractivity contribution is -0.142. The van der Waals surface area contributed by atoms with Gasteiger partial charge in [0.25, 0.3) is 0 Å². The van der Waals surface area contributed by atoms with Crippen molar-refractivity contribution in [3.63, 3.8) is 0 Å². The summed E-state index contributed by atoms with van der Waals surface area (Å²) >= 11 is 0. The Morgan fingerprint density at radius 1 is 1.19 bits per heavy atom. The molecule has 0 aliphatic heterocycles. The average Bonchev–Trinajstić information content (AvgIpc) is 2.76. The van der Waals surface area contributed by atoms with Crippen LogP contribution in [0.2, 0.25) is 0 Å². The lowest BCUT2D eigenvalue weighted by atomic mass is 10.0. The average molecular weight is 289 g/mol. The highest BCUT2D eigenvalue weighted by Crippen LogP contribution is 2.24. The summed E-state index contributed by atoms with van der Waals surface area (Å²) in [5.41, 5.74) is 1.28. The monoisotopic (exact) mass is 289 g/mol. The van der Waals surface area contributed by atoms with Crippen molar-refractivity contribution in [2.24, 2.45) is 5.92 Å². The molecular formula is C18H27NO2. The highest BCUT2D eigenvalue weighted by molar-refractivity contribution is 5.69. The van der Waals surface area contributed by atoms with Crippen molar-refractivity contribution in [3.8, 4) is 0 Å². The molecule has 1 unspecified atom stereocenters. The van der Waals surface area contributed by atoms with Gasteiger partial charge < -0.3 is 5.11 Å². The van der Waals surface area contributed by atoms with Gasteiger partial charge in [0.1, 0.15) is 0 Å². The standard InChI is InChI=1S/C18H27NO2/c1-15(18(20)21)13-19(14-16-9-5-4-6-10-16)17-11-7-2-3-8-12-17/h4-6,9-10,15,17H,2-3,7-8,11-14H2,1H3,(H,20,21). The molecule has 0 spiro atoms. The first-order chi connectivity index (χ1) is 10.2. The predicted molar refractivity (Wildman–Crippen MR) is 85.1 cm³/mol. The van der Waals surface area contributed by atoms with Gasteiger partial charge in [-0.05, 0) is 18.4 Å². The van der Waals surface area contributed by atoms with E-state index in [4.69, 9.17) is 0 Å². The van der Waals surface area contributed by atoms with Crippen molar-refractivity contribution in [2.45, 2.75) is 58.0 Å². The molecular weight excluding hydrogens is 262 g/mol. The Morgan fingerprint density at radius 2 is 1.81 bits per heavy atom. The minimum atomic E-state index is -0.693. The number of carboxylic acid groups (broad SMARTS) is 1. The molecule has 0 radical (unpaired) electrons. The summed E-state index contributed by atoms with van der Waals surface area (Å²) in [6.45, 7) is 3.33. The van der Waals surface area contributed by atoms with Crippen molar-refractivity contribution in [3.05, 3.63) is 35.9 Å². The molecule has 1 aromatic carbocycles. The van der Waals surface area contributed by atoms with E-state index < -0.39 is 5.97 Å². The third kappa shape index (κ3) is 5.16. The van der Waals surface area contributed by atoms with E-state index in [1.165, 1.54) is 44.1 Å². The van der Waals surface area contributed by atoms with Crippen LogP contribution in [0, 0.1) is 5.92 Å². The number of hydrogen-bond donors (Lipinski definition) is 1. The summed E-state index contributed by atoms with van der Waals surface area (Å²) in [5.74, 6) is -1.00. The maximum atomic E-state index is 11.2. The van der Waals surface area contributed by atoms with Gasteiger partial charge in [0.15, 0.2) is 0 Å². The highest BCUT2D eigenvalue weighted by atomic mass is 16.4. The molecule has 2 rings (SSSR count). The SMILES string of the molecule is CC(CN(Cc1ccccc1)C1CCCCCC1)C(=O)O. The van der Waals surface area contributed by atoms with Crippen LogP contribution in [0.15, 0.2) is 30.3 Å². The fourth-order valence-corrected chi connectivity index (χ4v) is 3.21. The van der Waals surface area contributed by atoms with Crippen LogP contribution >= 0.6 is 0 Å².